The largest absolute Gasteiger partial charge is 0.435 e. The van der Waals surface area contributed by atoms with Crippen molar-refractivity contribution >= 4 is 11.9 Å². The van der Waals surface area contributed by atoms with Crippen LogP contribution in [0.5, 0.6) is 11.6 Å². The number of alkyl halides is 3. The predicted molar refractivity (Wildman–Crippen MR) is 124 cm³/mol. The number of hydrogen-bond acceptors (Lipinski definition) is 5. The molecule has 194 valence electrons. The number of hydrogen-bond donors (Lipinski definition) is 0. The minimum absolute atomic E-state index is 0.0214. The lowest BCUT2D eigenvalue weighted by Gasteiger charge is -2.32. The molecule has 3 heterocycles. The van der Waals surface area contributed by atoms with Crippen LogP contribution in [-0.4, -0.2) is 40.4 Å². The molecular weight excluding hydrogens is 495 g/mol. The number of carbonyl (C=O) groups is 1. The molecule has 1 aromatic heterocycles. The molecule has 1 saturated heterocycles. The summed E-state index contributed by atoms with van der Waals surface area (Å²) < 4.78 is 72.3. The molecule has 0 N–H and O–H groups in total. The maximum absolute atomic E-state index is 14.4. The lowest BCUT2D eigenvalue weighted by Crippen LogP contribution is -2.37. The minimum Gasteiger partial charge on any atom is -0.435 e. The monoisotopic (exact) mass is 518 g/mol. The zero-order chi connectivity index (χ0) is 26.2. The van der Waals surface area contributed by atoms with Gasteiger partial charge >= 0.3 is 6.18 Å². The van der Waals surface area contributed by atoms with Gasteiger partial charge in [0.1, 0.15) is 5.82 Å². The zero-order valence-electron chi connectivity index (χ0n) is 19.7. The first-order valence-corrected chi connectivity index (χ1v) is 11.9. The molecule has 1 amide bonds. The molecule has 0 bridgehead atoms. The molecule has 0 saturated carbocycles. The Morgan fingerprint density at radius 1 is 0.919 bits per heavy atom. The second-order valence-corrected chi connectivity index (χ2v) is 9.03. The molecule has 2 aliphatic rings. The third-order valence-electron chi connectivity index (χ3n) is 6.50. The summed E-state index contributed by atoms with van der Waals surface area (Å²) in [6.07, 6.45) is -1.08. The van der Waals surface area contributed by atoms with Crippen molar-refractivity contribution < 1.29 is 31.5 Å². The second kappa shape index (κ2) is 9.95. The van der Waals surface area contributed by atoms with Crippen LogP contribution < -0.4 is 9.64 Å². The van der Waals surface area contributed by atoms with E-state index in [2.05, 4.69) is 4.98 Å². The number of amides is 1. The van der Waals surface area contributed by atoms with Gasteiger partial charge in [0.25, 0.3) is 5.91 Å². The highest BCUT2D eigenvalue weighted by Crippen LogP contribution is 2.34. The van der Waals surface area contributed by atoms with Crippen molar-refractivity contribution in [3.63, 3.8) is 0 Å². The maximum Gasteiger partial charge on any atom is 0.416 e. The number of carbonyl (C=O) groups excluding carboxylic acids is 1. The lowest BCUT2D eigenvalue weighted by atomic mass is 10.0. The Morgan fingerprint density at radius 3 is 2.32 bits per heavy atom. The van der Waals surface area contributed by atoms with Crippen LogP contribution in [0.2, 0.25) is 0 Å². The maximum atomic E-state index is 14.4. The summed E-state index contributed by atoms with van der Waals surface area (Å²) in [6, 6.07) is 6.94. The first-order chi connectivity index (χ1) is 17.7. The molecule has 1 fully saturated rings. The van der Waals surface area contributed by atoms with E-state index in [4.69, 9.17) is 9.72 Å². The first kappa shape index (κ1) is 24.9. The third-order valence-corrected chi connectivity index (χ3v) is 6.50. The minimum atomic E-state index is -4.50. The molecule has 2 aliphatic heterocycles. The Morgan fingerprint density at radius 2 is 1.65 bits per heavy atom. The number of fused-ring (bicyclic) bond motifs is 1. The quantitative estimate of drug-likeness (QED) is 0.412. The van der Waals surface area contributed by atoms with Gasteiger partial charge in [-0.3, -0.25) is 4.79 Å². The summed E-state index contributed by atoms with van der Waals surface area (Å²) in [5.41, 5.74) is 0.374. The number of piperidine rings is 1. The number of nitrogens with zero attached hydrogens (tertiary/aromatic N) is 4. The molecule has 6 nitrogen and oxygen atoms in total. The molecule has 3 aromatic rings. The number of ether oxygens (including phenoxy) is 1. The van der Waals surface area contributed by atoms with Crippen LogP contribution in [-0.2, 0) is 19.1 Å². The Bertz CT molecular complexity index is 1310. The van der Waals surface area contributed by atoms with E-state index in [-0.39, 0.29) is 30.3 Å². The van der Waals surface area contributed by atoms with E-state index >= 15 is 0 Å². The van der Waals surface area contributed by atoms with Crippen LogP contribution in [0, 0.1) is 11.6 Å². The van der Waals surface area contributed by atoms with Crippen molar-refractivity contribution in [2.75, 3.05) is 24.5 Å². The molecule has 0 atom stereocenters. The fraction of sp³-hybridized carbons (Fsp3) is 0.346. The van der Waals surface area contributed by atoms with Crippen LogP contribution in [0.15, 0.2) is 42.5 Å². The van der Waals surface area contributed by atoms with E-state index in [1.54, 1.807) is 0 Å². The van der Waals surface area contributed by atoms with Gasteiger partial charge < -0.3 is 14.5 Å². The van der Waals surface area contributed by atoms with Gasteiger partial charge in [-0.1, -0.05) is 0 Å². The highest BCUT2D eigenvalue weighted by atomic mass is 19.4. The van der Waals surface area contributed by atoms with E-state index in [0.717, 1.165) is 68.8 Å². The van der Waals surface area contributed by atoms with Gasteiger partial charge in [-0.15, -0.1) is 0 Å². The van der Waals surface area contributed by atoms with Crippen LogP contribution in [0.1, 0.15) is 46.4 Å². The fourth-order valence-electron chi connectivity index (χ4n) is 4.51. The van der Waals surface area contributed by atoms with Gasteiger partial charge in [0.2, 0.25) is 11.8 Å². The number of benzene rings is 2. The van der Waals surface area contributed by atoms with E-state index in [1.807, 2.05) is 4.90 Å². The van der Waals surface area contributed by atoms with Crippen LogP contribution in [0.25, 0.3) is 0 Å². The Kier molecular flexibility index (Phi) is 6.70. The molecule has 5 rings (SSSR count). The van der Waals surface area contributed by atoms with Crippen molar-refractivity contribution in [3.8, 4) is 11.6 Å². The lowest BCUT2D eigenvalue weighted by molar-refractivity contribution is -0.137. The second-order valence-electron chi connectivity index (χ2n) is 9.03. The SMILES string of the molecule is O=C(c1ccc(C(F)(F)F)cc1)N1CCc2nc(N3CCCCC3)nc(Oc3ccc(F)cc3F)c2C1. The summed E-state index contributed by atoms with van der Waals surface area (Å²) in [7, 11) is 0. The van der Waals surface area contributed by atoms with E-state index in [1.165, 1.54) is 4.90 Å². The average Bonchev–Trinajstić information content (AvgIpc) is 2.89. The summed E-state index contributed by atoms with van der Waals surface area (Å²) in [5.74, 6) is -1.84. The Labute approximate surface area is 209 Å². The van der Waals surface area contributed by atoms with Crippen molar-refractivity contribution in [1.82, 2.24) is 14.9 Å². The van der Waals surface area contributed by atoms with E-state index in [9.17, 15) is 26.7 Å². The zero-order valence-corrected chi connectivity index (χ0v) is 19.7. The molecular formula is C26H23F5N4O2. The summed E-state index contributed by atoms with van der Waals surface area (Å²) in [5, 5.41) is 0. The van der Waals surface area contributed by atoms with Crippen molar-refractivity contribution in [2.24, 2.45) is 0 Å². The highest BCUT2D eigenvalue weighted by molar-refractivity contribution is 5.94. The molecule has 11 heteroatoms. The number of halogens is 5. The normalized spacial score (nSPS) is 15.9. The van der Waals surface area contributed by atoms with Gasteiger partial charge in [-0.25, -0.2) is 13.8 Å². The summed E-state index contributed by atoms with van der Waals surface area (Å²) >= 11 is 0. The number of aromatic nitrogens is 2. The Balaban J connectivity index is 1.46. The molecule has 0 aliphatic carbocycles. The van der Waals surface area contributed by atoms with Crippen LogP contribution in [0.3, 0.4) is 0 Å². The highest BCUT2D eigenvalue weighted by Gasteiger charge is 2.32. The molecule has 37 heavy (non-hydrogen) atoms. The fourth-order valence-corrected chi connectivity index (χ4v) is 4.51. The van der Waals surface area contributed by atoms with E-state index < -0.39 is 29.3 Å². The summed E-state index contributed by atoms with van der Waals surface area (Å²) in [6.45, 7) is 1.84. The van der Waals surface area contributed by atoms with Crippen LogP contribution in [0.4, 0.5) is 27.9 Å². The van der Waals surface area contributed by atoms with Gasteiger partial charge in [0.15, 0.2) is 11.6 Å². The van der Waals surface area contributed by atoms with Crippen molar-refractivity contribution in [2.45, 2.75) is 38.4 Å². The molecule has 0 spiro atoms. The topological polar surface area (TPSA) is 58.6 Å². The van der Waals surface area contributed by atoms with Gasteiger partial charge in [-0.2, -0.15) is 18.2 Å². The van der Waals surface area contributed by atoms with Crippen molar-refractivity contribution in [1.29, 1.82) is 0 Å². The number of rotatable bonds is 4. The third kappa shape index (κ3) is 5.35. The van der Waals surface area contributed by atoms with Crippen LogP contribution >= 0.6 is 0 Å². The summed E-state index contributed by atoms with van der Waals surface area (Å²) in [4.78, 5) is 25.8. The van der Waals surface area contributed by atoms with Gasteiger partial charge in [0, 0.05) is 37.7 Å². The Hall–Kier alpha value is -3.76. The van der Waals surface area contributed by atoms with Gasteiger partial charge in [0.05, 0.1) is 23.4 Å². The van der Waals surface area contributed by atoms with E-state index in [0.29, 0.717) is 29.7 Å². The van der Waals surface area contributed by atoms with Gasteiger partial charge in [-0.05, 0) is 55.7 Å². The molecule has 2 aromatic carbocycles. The molecule has 0 radical (unpaired) electrons. The smallest absolute Gasteiger partial charge is 0.416 e. The standard InChI is InChI=1S/C26H23F5N4O2/c27-18-8-9-22(20(28)14-18)37-23-19-15-35(24(36)16-4-6-17(7-5-16)26(29,30)31)13-10-21(19)32-25(33-23)34-11-2-1-3-12-34/h4-9,14H,1-3,10-13,15H2. The van der Waals surface area contributed by atoms with Crippen molar-refractivity contribution in [3.05, 3.63) is 76.5 Å². The first-order valence-electron chi connectivity index (χ1n) is 11.9. The predicted octanol–water partition coefficient (Wildman–Crippen LogP) is 5.75. The average molecular weight is 518 g/mol. The molecule has 0 unspecified atom stereocenters. The number of anilines is 1.